The van der Waals surface area contributed by atoms with E-state index in [9.17, 15) is 4.79 Å². The molecule has 0 heterocycles. The Kier molecular flexibility index (Phi) is 2.52. The average Bonchev–Trinajstić information content (AvgIpc) is 2.75. The third-order valence-electron chi connectivity index (χ3n) is 3.36. The van der Waals surface area contributed by atoms with Gasteiger partial charge in [0.2, 0.25) is 0 Å². The highest BCUT2D eigenvalue weighted by Gasteiger charge is 2.20. The molecule has 18 heavy (non-hydrogen) atoms. The Morgan fingerprint density at radius 3 is 2.72 bits per heavy atom. The minimum absolute atomic E-state index is 0.479. The maximum absolute atomic E-state index is 10.8. The Bertz CT molecular complexity index is 620. The van der Waals surface area contributed by atoms with E-state index in [-0.39, 0.29) is 0 Å². The maximum Gasteiger partial charge on any atom is 0.312 e. The lowest BCUT2D eigenvalue weighted by Crippen LogP contribution is -2.28. The van der Waals surface area contributed by atoms with Crippen molar-refractivity contribution >= 4 is 6.03 Å². The minimum atomic E-state index is -0.487. The third kappa shape index (κ3) is 1.74. The molecule has 2 amide bonds. The highest BCUT2D eigenvalue weighted by atomic mass is 16.2. The van der Waals surface area contributed by atoms with Gasteiger partial charge >= 0.3 is 6.03 Å². The lowest BCUT2D eigenvalue weighted by Gasteiger charge is -2.09. The van der Waals surface area contributed by atoms with Crippen molar-refractivity contribution in [2.75, 3.05) is 0 Å². The summed E-state index contributed by atoms with van der Waals surface area (Å²) in [5.41, 5.74) is 11.4. The Hall–Kier alpha value is -2.29. The number of nitrogens with one attached hydrogen (secondary N) is 1. The first-order chi connectivity index (χ1) is 8.75. The molecule has 3 rings (SSSR count). The zero-order valence-corrected chi connectivity index (χ0v) is 9.94. The molecule has 3 N–H and O–H groups in total. The van der Waals surface area contributed by atoms with Crippen LogP contribution in [0.15, 0.2) is 42.5 Å². The van der Waals surface area contributed by atoms with Crippen molar-refractivity contribution in [3.05, 3.63) is 59.2 Å². The van der Waals surface area contributed by atoms with Crippen molar-refractivity contribution in [2.24, 2.45) is 5.73 Å². The van der Waals surface area contributed by atoms with E-state index in [4.69, 9.17) is 5.73 Å². The van der Waals surface area contributed by atoms with Gasteiger partial charge in [0.15, 0.2) is 0 Å². The van der Waals surface area contributed by atoms with E-state index in [0.717, 1.165) is 12.0 Å². The van der Waals surface area contributed by atoms with Crippen molar-refractivity contribution in [1.82, 2.24) is 5.32 Å². The van der Waals surface area contributed by atoms with Crippen LogP contribution in [-0.4, -0.2) is 6.03 Å². The van der Waals surface area contributed by atoms with Crippen LogP contribution in [-0.2, 0) is 13.0 Å². The molecular weight excluding hydrogens is 224 g/mol. The minimum Gasteiger partial charge on any atom is -0.352 e. The van der Waals surface area contributed by atoms with Crippen LogP contribution in [0.3, 0.4) is 0 Å². The fourth-order valence-electron chi connectivity index (χ4n) is 2.60. The number of rotatable bonds is 2. The molecule has 0 saturated carbocycles. The first kappa shape index (κ1) is 10.8. The Morgan fingerprint density at radius 2 is 1.89 bits per heavy atom. The van der Waals surface area contributed by atoms with Gasteiger partial charge < -0.3 is 11.1 Å². The number of hydrogen-bond acceptors (Lipinski definition) is 1. The third-order valence-corrected chi connectivity index (χ3v) is 3.36. The van der Waals surface area contributed by atoms with Crippen LogP contribution >= 0.6 is 0 Å². The smallest absolute Gasteiger partial charge is 0.312 e. The molecule has 1 aliphatic carbocycles. The summed E-state index contributed by atoms with van der Waals surface area (Å²) < 4.78 is 0. The standard InChI is InChI=1S/C15H14N2O/c16-15(18)17-9-12-6-3-5-11-8-10-4-1-2-7-13(10)14(11)12/h1-7H,8-9H2,(H3,16,17,18). The molecular formula is C15H14N2O. The fourth-order valence-corrected chi connectivity index (χ4v) is 2.60. The van der Waals surface area contributed by atoms with Crippen LogP contribution in [0.25, 0.3) is 11.1 Å². The summed E-state index contributed by atoms with van der Waals surface area (Å²) in [6.45, 7) is 0.479. The molecule has 0 saturated heterocycles. The number of hydrogen-bond donors (Lipinski definition) is 2. The molecule has 3 heteroatoms. The van der Waals surface area contributed by atoms with Crippen molar-refractivity contribution in [3.8, 4) is 11.1 Å². The summed E-state index contributed by atoms with van der Waals surface area (Å²) in [4.78, 5) is 10.8. The molecule has 0 unspecified atom stereocenters. The summed E-state index contributed by atoms with van der Waals surface area (Å²) in [5, 5.41) is 2.66. The maximum atomic E-state index is 10.8. The van der Waals surface area contributed by atoms with Gasteiger partial charge in [-0.15, -0.1) is 0 Å². The number of amides is 2. The van der Waals surface area contributed by atoms with Gasteiger partial charge in [-0.2, -0.15) is 0 Å². The van der Waals surface area contributed by atoms with E-state index in [2.05, 4.69) is 29.6 Å². The van der Waals surface area contributed by atoms with Crippen molar-refractivity contribution in [3.63, 3.8) is 0 Å². The molecule has 3 nitrogen and oxygen atoms in total. The Labute approximate surface area is 106 Å². The van der Waals surface area contributed by atoms with Gasteiger partial charge in [0, 0.05) is 6.54 Å². The van der Waals surface area contributed by atoms with Crippen molar-refractivity contribution in [2.45, 2.75) is 13.0 Å². The fraction of sp³-hybridized carbons (Fsp3) is 0.133. The predicted molar refractivity (Wildman–Crippen MR) is 71.1 cm³/mol. The zero-order valence-electron chi connectivity index (χ0n) is 9.94. The number of carbonyl (C=O) groups is 1. The van der Waals surface area contributed by atoms with E-state index >= 15 is 0 Å². The van der Waals surface area contributed by atoms with Crippen LogP contribution in [0.2, 0.25) is 0 Å². The van der Waals surface area contributed by atoms with Crippen LogP contribution in [0.5, 0.6) is 0 Å². The van der Waals surface area contributed by atoms with Gasteiger partial charge in [-0.25, -0.2) is 4.79 Å². The van der Waals surface area contributed by atoms with E-state index in [1.165, 1.54) is 22.3 Å². The number of benzene rings is 2. The van der Waals surface area contributed by atoms with Gasteiger partial charge in [-0.05, 0) is 34.2 Å². The molecule has 2 aromatic carbocycles. The molecule has 0 spiro atoms. The topological polar surface area (TPSA) is 55.1 Å². The van der Waals surface area contributed by atoms with Gasteiger partial charge in [-0.3, -0.25) is 0 Å². The quantitative estimate of drug-likeness (QED) is 0.707. The van der Waals surface area contributed by atoms with Crippen molar-refractivity contribution < 1.29 is 4.79 Å². The Morgan fingerprint density at radius 1 is 1.11 bits per heavy atom. The summed E-state index contributed by atoms with van der Waals surface area (Å²) in [6, 6.07) is 14.1. The van der Waals surface area contributed by atoms with E-state index in [1.807, 2.05) is 18.2 Å². The lowest BCUT2D eigenvalue weighted by molar-refractivity contribution is 0.248. The SMILES string of the molecule is NC(=O)NCc1cccc2c1-c1ccccc1C2. The second-order valence-electron chi connectivity index (χ2n) is 4.50. The summed E-state index contributed by atoms with van der Waals surface area (Å²) in [5.74, 6) is 0. The zero-order chi connectivity index (χ0) is 12.5. The molecule has 90 valence electrons. The van der Waals surface area contributed by atoms with Gasteiger partial charge in [0.25, 0.3) is 0 Å². The normalized spacial score (nSPS) is 11.8. The van der Waals surface area contributed by atoms with E-state index < -0.39 is 6.03 Å². The van der Waals surface area contributed by atoms with Gasteiger partial charge in [-0.1, -0.05) is 42.5 Å². The largest absolute Gasteiger partial charge is 0.352 e. The molecule has 0 aliphatic heterocycles. The number of primary amides is 1. The second-order valence-corrected chi connectivity index (χ2v) is 4.50. The molecule has 0 atom stereocenters. The molecule has 1 aliphatic rings. The number of carbonyl (C=O) groups excluding carboxylic acids is 1. The summed E-state index contributed by atoms with van der Waals surface area (Å²) >= 11 is 0. The molecule has 2 aromatic rings. The second kappa shape index (κ2) is 4.18. The molecule has 0 radical (unpaired) electrons. The highest BCUT2D eigenvalue weighted by molar-refractivity contribution is 5.80. The van der Waals surface area contributed by atoms with E-state index in [0.29, 0.717) is 6.54 Å². The Balaban J connectivity index is 2.05. The predicted octanol–water partition coefficient (Wildman–Crippen LogP) is 2.43. The van der Waals surface area contributed by atoms with Crippen LogP contribution in [0.4, 0.5) is 4.79 Å². The van der Waals surface area contributed by atoms with Gasteiger partial charge in [0.05, 0.1) is 0 Å². The first-order valence-electron chi connectivity index (χ1n) is 5.98. The number of fused-ring (bicyclic) bond motifs is 3. The van der Waals surface area contributed by atoms with Crippen LogP contribution in [0.1, 0.15) is 16.7 Å². The summed E-state index contributed by atoms with van der Waals surface area (Å²) in [7, 11) is 0. The number of nitrogens with two attached hydrogens (primary N) is 1. The average molecular weight is 238 g/mol. The molecule has 0 aromatic heterocycles. The van der Waals surface area contributed by atoms with Crippen LogP contribution in [0, 0.1) is 0 Å². The van der Waals surface area contributed by atoms with Gasteiger partial charge in [0.1, 0.15) is 0 Å². The highest BCUT2D eigenvalue weighted by Crippen LogP contribution is 2.38. The molecule has 0 bridgehead atoms. The lowest BCUT2D eigenvalue weighted by atomic mass is 9.99. The molecule has 0 fully saturated rings. The van der Waals surface area contributed by atoms with E-state index in [1.54, 1.807) is 0 Å². The monoisotopic (exact) mass is 238 g/mol. The van der Waals surface area contributed by atoms with Crippen LogP contribution < -0.4 is 11.1 Å². The first-order valence-corrected chi connectivity index (χ1v) is 5.98. The van der Waals surface area contributed by atoms with Crippen molar-refractivity contribution in [1.29, 1.82) is 0 Å². The number of urea groups is 1. The summed E-state index contributed by atoms with van der Waals surface area (Å²) in [6.07, 6.45) is 0.968.